The van der Waals surface area contributed by atoms with Gasteiger partial charge in [0.05, 0.1) is 12.7 Å². The van der Waals surface area contributed by atoms with Gasteiger partial charge in [0, 0.05) is 19.8 Å². The molecular formula is C11H24O3. The Bertz CT molecular complexity index is 107. The lowest BCUT2D eigenvalue weighted by molar-refractivity contribution is -0.0189. The Morgan fingerprint density at radius 3 is 2.50 bits per heavy atom. The SMILES string of the molecule is CCCOC(CC)COCCCCO. The molecule has 0 aromatic carbocycles. The summed E-state index contributed by atoms with van der Waals surface area (Å²) in [4.78, 5) is 0. The van der Waals surface area contributed by atoms with Crippen molar-refractivity contribution < 1.29 is 14.6 Å². The van der Waals surface area contributed by atoms with Crippen molar-refractivity contribution in [3.63, 3.8) is 0 Å². The Morgan fingerprint density at radius 1 is 1.14 bits per heavy atom. The number of hydrogen-bond acceptors (Lipinski definition) is 3. The minimum absolute atomic E-state index is 0.240. The predicted octanol–water partition coefficient (Wildman–Crippen LogP) is 1.98. The van der Waals surface area contributed by atoms with Crippen LogP contribution in [0.4, 0.5) is 0 Å². The van der Waals surface area contributed by atoms with E-state index in [2.05, 4.69) is 13.8 Å². The van der Waals surface area contributed by atoms with E-state index >= 15 is 0 Å². The van der Waals surface area contributed by atoms with Crippen LogP contribution < -0.4 is 0 Å². The van der Waals surface area contributed by atoms with Crippen LogP contribution >= 0.6 is 0 Å². The highest BCUT2D eigenvalue weighted by Gasteiger charge is 2.05. The van der Waals surface area contributed by atoms with Crippen molar-refractivity contribution in [2.24, 2.45) is 0 Å². The summed E-state index contributed by atoms with van der Waals surface area (Å²) in [6.45, 7) is 6.70. The quantitative estimate of drug-likeness (QED) is 0.553. The second kappa shape index (κ2) is 11.0. The Balaban J connectivity index is 3.24. The first-order chi connectivity index (χ1) is 6.85. The summed E-state index contributed by atoms with van der Waals surface area (Å²) in [5.74, 6) is 0. The van der Waals surface area contributed by atoms with Crippen LogP contribution in [-0.2, 0) is 9.47 Å². The maximum Gasteiger partial charge on any atom is 0.0805 e. The van der Waals surface area contributed by atoms with Crippen LogP contribution in [0.1, 0.15) is 39.5 Å². The highest BCUT2D eigenvalue weighted by atomic mass is 16.5. The lowest BCUT2D eigenvalue weighted by Crippen LogP contribution is -2.19. The van der Waals surface area contributed by atoms with Gasteiger partial charge >= 0.3 is 0 Å². The smallest absolute Gasteiger partial charge is 0.0805 e. The van der Waals surface area contributed by atoms with E-state index in [0.717, 1.165) is 38.9 Å². The number of rotatable bonds is 10. The molecule has 86 valence electrons. The molecule has 0 bridgehead atoms. The molecule has 0 saturated heterocycles. The van der Waals surface area contributed by atoms with Gasteiger partial charge in [-0.2, -0.15) is 0 Å². The maximum absolute atomic E-state index is 8.56. The summed E-state index contributed by atoms with van der Waals surface area (Å²) in [5.41, 5.74) is 0. The van der Waals surface area contributed by atoms with Gasteiger partial charge in [0.2, 0.25) is 0 Å². The van der Waals surface area contributed by atoms with Crippen LogP contribution in [0.25, 0.3) is 0 Å². The first kappa shape index (κ1) is 13.9. The highest BCUT2D eigenvalue weighted by molar-refractivity contribution is 4.53. The average molecular weight is 204 g/mol. The van der Waals surface area contributed by atoms with Crippen molar-refractivity contribution in [1.29, 1.82) is 0 Å². The molecule has 0 aromatic heterocycles. The van der Waals surface area contributed by atoms with Crippen molar-refractivity contribution in [2.75, 3.05) is 26.4 Å². The van der Waals surface area contributed by atoms with E-state index in [9.17, 15) is 0 Å². The molecule has 0 heterocycles. The fourth-order valence-electron chi connectivity index (χ4n) is 1.10. The predicted molar refractivity (Wildman–Crippen MR) is 57.5 cm³/mol. The molecule has 1 unspecified atom stereocenters. The molecule has 0 saturated carbocycles. The lowest BCUT2D eigenvalue weighted by Gasteiger charge is -2.15. The van der Waals surface area contributed by atoms with Crippen LogP contribution in [0.3, 0.4) is 0 Å². The summed E-state index contributed by atoms with van der Waals surface area (Å²) in [6.07, 6.45) is 4.05. The summed E-state index contributed by atoms with van der Waals surface area (Å²) < 4.78 is 11.0. The summed E-state index contributed by atoms with van der Waals surface area (Å²) in [5, 5.41) is 8.56. The van der Waals surface area contributed by atoms with Crippen molar-refractivity contribution in [3.05, 3.63) is 0 Å². The van der Waals surface area contributed by atoms with Crippen LogP contribution in [-0.4, -0.2) is 37.6 Å². The highest BCUT2D eigenvalue weighted by Crippen LogP contribution is 2.00. The largest absolute Gasteiger partial charge is 0.396 e. The zero-order valence-electron chi connectivity index (χ0n) is 9.50. The van der Waals surface area contributed by atoms with Crippen LogP contribution in [0.2, 0.25) is 0 Å². The minimum atomic E-state index is 0.240. The topological polar surface area (TPSA) is 38.7 Å². The summed E-state index contributed by atoms with van der Waals surface area (Å²) in [6, 6.07) is 0. The number of ether oxygens (including phenoxy) is 2. The molecule has 0 radical (unpaired) electrons. The molecule has 3 nitrogen and oxygen atoms in total. The van der Waals surface area contributed by atoms with Gasteiger partial charge in [0.25, 0.3) is 0 Å². The van der Waals surface area contributed by atoms with E-state index < -0.39 is 0 Å². The molecular weight excluding hydrogens is 180 g/mol. The first-order valence-corrected chi connectivity index (χ1v) is 5.65. The molecule has 0 aliphatic heterocycles. The van der Waals surface area contributed by atoms with E-state index in [1.165, 1.54) is 0 Å². The third kappa shape index (κ3) is 8.48. The monoisotopic (exact) mass is 204 g/mol. The normalized spacial score (nSPS) is 13.1. The van der Waals surface area contributed by atoms with Crippen LogP contribution in [0, 0.1) is 0 Å². The summed E-state index contributed by atoms with van der Waals surface area (Å²) in [7, 11) is 0. The molecule has 1 atom stereocenters. The average Bonchev–Trinajstić information content (AvgIpc) is 2.22. The zero-order chi connectivity index (χ0) is 10.6. The molecule has 0 rings (SSSR count). The van der Waals surface area contributed by atoms with Gasteiger partial charge in [0.15, 0.2) is 0 Å². The van der Waals surface area contributed by atoms with E-state index in [1.807, 2.05) is 0 Å². The molecule has 0 fully saturated rings. The van der Waals surface area contributed by atoms with Crippen LogP contribution in [0.15, 0.2) is 0 Å². The van der Waals surface area contributed by atoms with Crippen molar-refractivity contribution in [1.82, 2.24) is 0 Å². The second-order valence-electron chi connectivity index (χ2n) is 3.41. The van der Waals surface area contributed by atoms with Gasteiger partial charge in [-0.05, 0) is 25.7 Å². The van der Waals surface area contributed by atoms with Gasteiger partial charge in [-0.25, -0.2) is 0 Å². The molecule has 0 spiro atoms. The molecule has 0 aliphatic rings. The number of unbranched alkanes of at least 4 members (excludes halogenated alkanes) is 1. The summed E-state index contributed by atoms with van der Waals surface area (Å²) >= 11 is 0. The molecule has 3 heteroatoms. The maximum atomic E-state index is 8.56. The van der Waals surface area contributed by atoms with E-state index in [-0.39, 0.29) is 12.7 Å². The zero-order valence-corrected chi connectivity index (χ0v) is 9.50. The van der Waals surface area contributed by atoms with E-state index in [0.29, 0.717) is 6.61 Å². The van der Waals surface area contributed by atoms with Crippen molar-refractivity contribution >= 4 is 0 Å². The number of aliphatic hydroxyl groups is 1. The lowest BCUT2D eigenvalue weighted by atomic mass is 10.3. The van der Waals surface area contributed by atoms with Crippen LogP contribution in [0.5, 0.6) is 0 Å². The third-order valence-corrected chi connectivity index (χ3v) is 2.01. The molecule has 0 amide bonds. The van der Waals surface area contributed by atoms with Crippen molar-refractivity contribution in [2.45, 2.75) is 45.6 Å². The van der Waals surface area contributed by atoms with Gasteiger partial charge in [-0.15, -0.1) is 0 Å². The molecule has 1 N–H and O–H groups in total. The molecule has 0 aliphatic carbocycles. The van der Waals surface area contributed by atoms with Crippen molar-refractivity contribution in [3.8, 4) is 0 Å². The fourth-order valence-corrected chi connectivity index (χ4v) is 1.10. The van der Waals surface area contributed by atoms with E-state index in [1.54, 1.807) is 0 Å². The molecule has 14 heavy (non-hydrogen) atoms. The van der Waals surface area contributed by atoms with Gasteiger partial charge in [-0.1, -0.05) is 13.8 Å². The number of hydrogen-bond donors (Lipinski definition) is 1. The fraction of sp³-hybridized carbons (Fsp3) is 1.00. The Labute approximate surface area is 87.4 Å². The Hall–Kier alpha value is -0.120. The second-order valence-corrected chi connectivity index (χ2v) is 3.41. The molecule has 0 aromatic rings. The number of aliphatic hydroxyl groups excluding tert-OH is 1. The Morgan fingerprint density at radius 2 is 1.93 bits per heavy atom. The first-order valence-electron chi connectivity index (χ1n) is 5.65. The standard InChI is InChI=1S/C11H24O3/c1-3-8-14-11(4-2)10-13-9-6-5-7-12/h11-12H,3-10H2,1-2H3. The van der Waals surface area contributed by atoms with Gasteiger partial charge < -0.3 is 14.6 Å². The third-order valence-electron chi connectivity index (χ3n) is 2.01. The minimum Gasteiger partial charge on any atom is -0.396 e. The van der Waals surface area contributed by atoms with Gasteiger partial charge in [-0.3, -0.25) is 0 Å². The van der Waals surface area contributed by atoms with Gasteiger partial charge in [0.1, 0.15) is 0 Å². The Kier molecular flexibility index (Phi) is 10.9. The van der Waals surface area contributed by atoms with E-state index in [4.69, 9.17) is 14.6 Å².